The molecule has 4 fully saturated rings. The molecule has 11 atom stereocenters. The first-order valence-corrected chi connectivity index (χ1v) is 14.0. The molecule has 204 valence electrons. The molecule has 0 saturated heterocycles. The molecule has 1 N–H and O–H groups in total. The van der Waals surface area contributed by atoms with Gasteiger partial charge in [-0.3, -0.25) is 14.4 Å². The van der Waals surface area contributed by atoms with Crippen LogP contribution < -0.4 is 0 Å². The quantitative estimate of drug-likeness (QED) is 0.412. The molecule has 0 amide bonds. The molecule has 0 bridgehead atoms. The van der Waals surface area contributed by atoms with Gasteiger partial charge in [-0.2, -0.15) is 0 Å². The average molecular weight is 507 g/mol. The summed E-state index contributed by atoms with van der Waals surface area (Å²) in [7, 11) is 1.43. The van der Waals surface area contributed by atoms with E-state index in [0.717, 1.165) is 51.4 Å². The average Bonchev–Trinajstić information content (AvgIpc) is 3.16. The van der Waals surface area contributed by atoms with E-state index in [1.165, 1.54) is 21.0 Å². The van der Waals surface area contributed by atoms with Crippen molar-refractivity contribution in [2.24, 2.45) is 46.3 Å². The molecule has 4 aliphatic rings. The van der Waals surface area contributed by atoms with Crippen LogP contribution in [0.3, 0.4) is 0 Å². The Morgan fingerprint density at radius 2 is 1.67 bits per heavy atom. The van der Waals surface area contributed by atoms with Gasteiger partial charge in [0.1, 0.15) is 12.2 Å². The number of aliphatic hydroxyl groups is 1. The lowest BCUT2D eigenvalue weighted by atomic mass is 9.43. The Hall–Kier alpha value is -1.63. The zero-order valence-corrected chi connectivity index (χ0v) is 23.0. The standard InChI is InChI=1S/C29H46O7/c1-16(7-10-26(33)34-6)21-8-9-22-27-23(15-25(29(21,22)5)36-18(3)31)28(4)12-11-20(35-17(2)30)13-19(28)14-24(27)32/h16,19-25,27,32H,7-15H2,1-6H3/t16-,19+,20-,21-,22+,23+,24-,25+,27+,28+,29-/m1/s1. The minimum atomic E-state index is -0.407. The molecule has 0 aromatic rings. The fraction of sp³-hybridized carbons (Fsp3) is 0.897. The normalized spacial score (nSPS) is 44.4. The minimum absolute atomic E-state index is 0.0227. The number of rotatable bonds is 6. The Labute approximate surface area is 216 Å². The predicted molar refractivity (Wildman–Crippen MR) is 134 cm³/mol. The molecule has 7 nitrogen and oxygen atoms in total. The van der Waals surface area contributed by atoms with Crippen molar-refractivity contribution in [3.05, 3.63) is 0 Å². The highest BCUT2D eigenvalue weighted by molar-refractivity contribution is 5.69. The Bertz CT molecular complexity index is 857. The molecule has 0 aliphatic heterocycles. The number of esters is 3. The number of aliphatic hydroxyl groups excluding tert-OH is 1. The summed E-state index contributed by atoms with van der Waals surface area (Å²) in [5.74, 6) is 0.916. The Morgan fingerprint density at radius 3 is 2.31 bits per heavy atom. The monoisotopic (exact) mass is 506 g/mol. The lowest BCUT2D eigenvalue weighted by Gasteiger charge is -2.64. The molecule has 0 spiro atoms. The molecular weight excluding hydrogens is 460 g/mol. The zero-order valence-electron chi connectivity index (χ0n) is 23.0. The lowest BCUT2D eigenvalue weighted by Crippen LogP contribution is -2.63. The molecule has 0 aromatic heterocycles. The van der Waals surface area contributed by atoms with E-state index in [2.05, 4.69) is 20.8 Å². The van der Waals surface area contributed by atoms with Crippen LogP contribution in [0, 0.1) is 46.3 Å². The van der Waals surface area contributed by atoms with E-state index in [-0.39, 0.29) is 70.5 Å². The van der Waals surface area contributed by atoms with Crippen LogP contribution in [-0.4, -0.2) is 48.4 Å². The van der Waals surface area contributed by atoms with E-state index in [1.54, 1.807) is 0 Å². The summed E-state index contributed by atoms with van der Waals surface area (Å²) >= 11 is 0. The van der Waals surface area contributed by atoms with Gasteiger partial charge in [-0.1, -0.05) is 20.8 Å². The van der Waals surface area contributed by atoms with Gasteiger partial charge in [0.25, 0.3) is 0 Å². The third kappa shape index (κ3) is 4.69. The highest BCUT2D eigenvalue weighted by Gasteiger charge is 2.66. The SMILES string of the molecule is COC(=O)CC[C@@H](C)[C@H]1CC[C@H]2[C@@H]3[C@H](O)C[C@@H]4C[C@H](OC(C)=O)CC[C@]4(C)[C@H]3C[C@H](OC(C)=O)[C@]12C. The number of fused-ring (bicyclic) bond motifs is 5. The van der Waals surface area contributed by atoms with Gasteiger partial charge in [-0.05, 0) is 92.3 Å². The van der Waals surface area contributed by atoms with Gasteiger partial charge in [0.05, 0.1) is 13.2 Å². The summed E-state index contributed by atoms with van der Waals surface area (Å²) in [6.45, 7) is 9.83. The fourth-order valence-corrected chi connectivity index (χ4v) is 9.45. The third-order valence-electron chi connectivity index (χ3n) is 11.1. The second-order valence-electron chi connectivity index (χ2n) is 12.8. The van der Waals surface area contributed by atoms with Crippen LogP contribution in [0.4, 0.5) is 0 Å². The molecule has 0 aromatic carbocycles. The number of ether oxygens (including phenoxy) is 3. The second-order valence-corrected chi connectivity index (χ2v) is 12.8. The largest absolute Gasteiger partial charge is 0.469 e. The molecule has 0 unspecified atom stereocenters. The van der Waals surface area contributed by atoms with Crippen LogP contribution in [0.2, 0.25) is 0 Å². The molecule has 7 heteroatoms. The first-order chi connectivity index (χ1) is 16.9. The summed E-state index contributed by atoms with van der Waals surface area (Å²) in [6, 6.07) is 0. The number of hydrogen-bond donors (Lipinski definition) is 1. The van der Waals surface area contributed by atoms with E-state index < -0.39 is 6.10 Å². The van der Waals surface area contributed by atoms with E-state index in [4.69, 9.17) is 14.2 Å². The van der Waals surface area contributed by atoms with E-state index >= 15 is 0 Å². The van der Waals surface area contributed by atoms with Gasteiger partial charge in [-0.25, -0.2) is 0 Å². The summed E-state index contributed by atoms with van der Waals surface area (Å²) in [5, 5.41) is 11.6. The summed E-state index contributed by atoms with van der Waals surface area (Å²) in [4.78, 5) is 35.7. The first kappa shape index (κ1) is 27.4. The topological polar surface area (TPSA) is 99.1 Å². The van der Waals surface area contributed by atoms with E-state index in [0.29, 0.717) is 12.3 Å². The third-order valence-corrected chi connectivity index (χ3v) is 11.1. The van der Waals surface area contributed by atoms with Gasteiger partial charge in [0.2, 0.25) is 0 Å². The van der Waals surface area contributed by atoms with E-state index in [1.807, 2.05) is 0 Å². The van der Waals surface area contributed by atoms with Crippen molar-refractivity contribution >= 4 is 17.9 Å². The number of hydrogen-bond acceptors (Lipinski definition) is 7. The summed E-state index contributed by atoms with van der Waals surface area (Å²) < 4.78 is 16.6. The van der Waals surface area contributed by atoms with Crippen LogP contribution >= 0.6 is 0 Å². The van der Waals surface area contributed by atoms with Gasteiger partial charge < -0.3 is 19.3 Å². The molecule has 0 heterocycles. The van der Waals surface area contributed by atoms with Crippen molar-refractivity contribution in [3.8, 4) is 0 Å². The maximum absolute atomic E-state index is 12.3. The highest BCUT2D eigenvalue weighted by atomic mass is 16.5. The van der Waals surface area contributed by atoms with E-state index in [9.17, 15) is 19.5 Å². The Kier molecular flexibility index (Phi) is 7.81. The van der Waals surface area contributed by atoms with Crippen LogP contribution in [0.15, 0.2) is 0 Å². The van der Waals surface area contributed by atoms with Crippen molar-refractivity contribution in [3.63, 3.8) is 0 Å². The predicted octanol–water partition coefficient (Wildman–Crippen LogP) is 4.68. The number of methoxy groups -OCH3 is 1. The maximum Gasteiger partial charge on any atom is 0.305 e. The van der Waals surface area contributed by atoms with Crippen LogP contribution in [0.25, 0.3) is 0 Å². The first-order valence-electron chi connectivity index (χ1n) is 14.0. The Morgan fingerprint density at radius 1 is 0.972 bits per heavy atom. The van der Waals surface area contributed by atoms with Gasteiger partial charge >= 0.3 is 17.9 Å². The molecule has 0 radical (unpaired) electrons. The van der Waals surface area contributed by atoms with Gasteiger partial charge in [0.15, 0.2) is 0 Å². The van der Waals surface area contributed by atoms with Crippen molar-refractivity contribution in [2.75, 3.05) is 7.11 Å². The van der Waals surface area contributed by atoms with Crippen molar-refractivity contribution in [2.45, 2.75) is 111 Å². The van der Waals surface area contributed by atoms with Crippen molar-refractivity contribution in [1.82, 2.24) is 0 Å². The molecule has 36 heavy (non-hydrogen) atoms. The molecule has 4 saturated carbocycles. The summed E-state index contributed by atoms with van der Waals surface area (Å²) in [5.41, 5.74) is -0.212. The van der Waals surface area contributed by atoms with Crippen LogP contribution in [0.1, 0.15) is 92.4 Å². The summed E-state index contributed by atoms with van der Waals surface area (Å²) in [6.07, 6.45) is 6.59. The molecule has 4 aliphatic carbocycles. The van der Waals surface area contributed by atoms with Crippen molar-refractivity contribution in [1.29, 1.82) is 0 Å². The zero-order chi connectivity index (χ0) is 26.4. The number of carbonyl (C=O) groups excluding carboxylic acids is 3. The smallest absolute Gasteiger partial charge is 0.305 e. The second kappa shape index (κ2) is 10.3. The van der Waals surface area contributed by atoms with Crippen LogP contribution in [-0.2, 0) is 28.6 Å². The number of carbonyl (C=O) groups is 3. The Balaban J connectivity index is 1.62. The fourth-order valence-electron chi connectivity index (χ4n) is 9.45. The molecular formula is C29H46O7. The van der Waals surface area contributed by atoms with Crippen LogP contribution in [0.5, 0.6) is 0 Å². The maximum atomic E-state index is 12.3. The lowest BCUT2D eigenvalue weighted by molar-refractivity contribution is -0.218. The highest BCUT2D eigenvalue weighted by Crippen LogP contribution is 2.69. The van der Waals surface area contributed by atoms with Crippen molar-refractivity contribution < 1.29 is 33.7 Å². The molecule has 4 rings (SSSR count). The van der Waals surface area contributed by atoms with Gasteiger partial charge in [0, 0.05) is 25.7 Å². The van der Waals surface area contributed by atoms with Gasteiger partial charge in [-0.15, -0.1) is 0 Å². The minimum Gasteiger partial charge on any atom is -0.469 e.